The zero-order valence-corrected chi connectivity index (χ0v) is 15.3. The molecular formula is C20H20F2N2O4. The molecule has 1 aromatic heterocycles. The zero-order chi connectivity index (χ0) is 20.0. The standard InChI is InChI=1S/C20H20F2N2O4/c1-20-5-14(25)12(20)7-23(8-20)17-13(21)4-10-16(15(17)22)24(9-2-3-9)6-11(18(10)26)19(27)28/h4,6,9,12,14,25H,2-3,5,7-8H2,1H3,(H,27,28). The van der Waals surface area contributed by atoms with Crippen molar-refractivity contribution in [2.45, 2.75) is 38.3 Å². The predicted octanol–water partition coefficient (Wildman–Crippen LogP) is 2.52. The molecule has 1 aliphatic heterocycles. The van der Waals surface area contributed by atoms with Crippen LogP contribution in [0, 0.1) is 23.0 Å². The molecule has 2 N–H and O–H groups in total. The van der Waals surface area contributed by atoms with Crippen LogP contribution >= 0.6 is 0 Å². The van der Waals surface area contributed by atoms with Gasteiger partial charge in [0.2, 0.25) is 5.43 Å². The molecular weight excluding hydrogens is 370 g/mol. The quantitative estimate of drug-likeness (QED) is 0.842. The number of carboxylic acid groups (broad SMARTS) is 1. The molecule has 2 heterocycles. The van der Waals surface area contributed by atoms with Crippen molar-refractivity contribution in [2.75, 3.05) is 18.0 Å². The second-order valence-corrected chi connectivity index (χ2v) is 8.65. The molecule has 3 unspecified atom stereocenters. The van der Waals surface area contributed by atoms with Crippen LogP contribution in [0.1, 0.15) is 42.6 Å². The summed E-state index contributed by atoms with van der Waals surface area (Å²) in [5.74, 6) is -3.17. The summed E-state index contributed by atoms with van der Waals surface area (Å²) in [5.41, 5.74) is -1.80. The summed E-state index contributed by atoms with van der Waals surface area (Å²) in [6.45, 7) is 2.77. The maximum atomic E-state index is 15.6. The van der Waals surface area contributed by atoms with Crippen LogP contribution in [-0.4, -0.2) is 39.9 Å². The monoisotopic (exact) mass is 390 g/mol. The average molecular weight is 390 g/mol. The Hall–Kier alpha value is -2.48. The van der Waals surface area contributed by atoms with Crippen molar-refractivity contribution in [3.8, 4) is 0 Å². The number of halogens is 2. The topological polar surface area (TPSA) is 82.8 Å². The van der Waals surface area contributed by atoms with Crippen molar-refractivity contribution in [1.82, 2.24) is 4.57 Å². The van der Waals surface area contributed by atoms with Crippen LogP contribution < -0.4 is 10.3 Å². The van der Waals surface area contributed by atoms with E-state index in [1.165, 1.54) is 10.8 Å². The lowest BCUT2D eigenvalue weighted by atomic mass is 9.61. The minimum atomic E-state index is -1.41. The fraction of sp³-hybridized carbons (Fsp3) is 0.500. The Labute approximate surface area is 159 Å². The number of aliphatic hydroxyl groups is 1. The van der Waals surface area contributed by atoms with Crippen molar-refractivity contribution < 1.29 is 23.8 Å². The lowest BCUT2D eigenvalue weighted by Gasteiger charge is -2.45. The van der Waals surface area contributed by atoms with Gasteiger partial charge in [-0.05, 0) is 30.7 Å². The van der Waals surface area contributed by atoms with Gasteiger partial charge in [-0.1, -0.05) is 6.92 Å². The van der Waals surface area contributed by atoms with Gasteiger partial charge in [0.1, 0.15) is 17.1 Å². The Balaban J connectivity index is 1.73. The Kier molecular flexibility index (Phi) is 3.48. The lowest BCUT2D eigenvalue weighted by molar-refractivity contribution is -0.0638. The van der Waals surface area contributed by atoms with E-state index in [0.717, 1.165) is 18.9 Å². The van der Waals surface area contributed by atoms with Crippen LogP contribution in [0.3, 0.4) is 0 Å². The van der Waals surface area contributed by atoms with E-state index in [1.807, 2.05) is 6.92 Å². The highest BCUT2D eigenvalue weighted by Crippen LogP contribution is 2.53. The van der Waals surface area contributed by atoms with Gasteiger partial charge < -0.3 is 19.7 Å². The molecule has 28 heavy (non-hydrogen) atoms. The Morgan fingerprint density at radius 1 is 1.32 bits per heavy atom. The first-order valence-corrected chi connectivity index (χ1v) is 9.44. The molecule has 3 atom stereocenters. The molecule has 0 radical (unpaired) electrons. The summed E-state index contributed by atoms with van der Waals surface area (Å²) < 4.78 is 32.0. The number of rotatable bonds is 3. The first-order chi connectivity index (χ1) is 13.2. The minimum Gasteiger partial charge on any atom is -0.477 e. The van der Waals surface area contributed by atoms with Gasteiger partial charge in [0.05, 0.1) is 17.0 Å². The van der Waals surface area contributed by atoms with E-state index in [2.05, 4.69) is 0 Å². The van der Waals surface area contributed by atoms with Crippen molar-refractivity contribution in [1.29, 1.82) is 0 Å². The number of fused-ring (bicyclic) bond motifs is 2. The number of carbonyl (C=O) groups is 1. The van der Waals surface area contributed by atoms with E-state index in [1.54, 1.807) is 4.90 Å². The molecule has 2 saturated carbocycles. The first-order valence-electron chi connectivity index (χ1n) is 9.44. The molecule has 2 aliphatic carbocycles. The first kappa shape index (κ1) is 17.6. The highest BCUT2D eigenvalue weighted by molar-refractivity contribution is 5.94. The van der Waals surface area contributed by atoms with Crippen molar-refractivity contribution in [3.05, 3.63) is 39.7 Å². The molecule has 1 saturated heterocycles. The van der Waals surface area contributed by atoms with Crippen molar-refractivity contribution in [2.24, 2.45) is 11.3 Å². The Morgan fingerprint density at radius 3 is 2.61 bits per heavy atom. The summed E-state index contributed by atoms with van der Waals surface area (Å²) in [6.07, 6.45) is 2.80. The summed E-state index contributed by atoms with van der Waals surface area (Å²) in [4.78, 5) is 25.6. The number of nitrogens with zero attached hydrogens (tertiary/aromatic N) is 2. The maximum absolute atomic E-state index is 15.6. The van der Waals surface area contributed by atoms with Crippen molar-refractivity contribution >= 4 is 22.6 Å². The van der Waals surface area contributed by atoms with E-state index >= 15 is 4.39 Å². The predicted molar refractivity (Wildman–Crippen MR) is 97.8 cm³/mol. The summed E-state index contributed by atoms with van der Waals surface area (Å²) >= 11 is 0. The van der Waals surface area contributed by atoms with Crippen molar-refractivity contribution in [3.63, 3.8) is 0 Å². The zero-order valence-electron chi connectivity index (χ0n) is 15.3. The van der Waals surface area contributed by atoms with Crippen LogP contribution in [0.25, 0.3) is 10.9 Å². The SMILES string of the molecule is CC12CC(O)C1CN(c1c(F)cc3c(=O)c(C(=O)O)cn(C4CC4)c3c1F)C2. The Bertz CT molecular complexity index is 1090. The maximum Gasteiger partial charge on any atom is 0.341 e. The van der Waals surface area contributed by atoms with Crippen LogP contribution in [0.2, 0.25) is 0 Å². The van der Waals surface area contributed by atoms with Gasteiger partial charge in [-0.2, -0.15) is 0 Å². The van der Waals surface area contributed by atoms with Gasteiger partial charge in [-0.15, -0.1) is 0 Å². The third kappa shape index (κ3) is 2.27. The van der Waals surface area contributed by atoms with Gasteiger partial charge in [0.25, 0.3) is 0 Å². The average Bonchev–Trinajstić information content (AvgIpc) is 3.41. The van der Waals surface area contributed by atoms with E-state index in [-0.39, 0.29) is 34.0 Å². The molecule has 1 aromatic carbocycles. The number of aromatic carboxylic acids is 1. The number of aromatic nitrogens is 1. The molecule has 148 valence electrons. The molecule has 8 heteroatoms. The second kappa shape index (κ2) is 5.53. The van der Waals surface area contributed by atoms with Crippen LogP contribution in [0.4, 0.5) is 14.5 Å². The van der Waals surface area contributed by atoms with Gasteiger partial charge in [0, 0.05) is 31.2 Å². The van der Waals surface area contributed by atoms with Gasteiger partial charge in [0.15, 0.2) is 5.82 Å². The minimum absolute atomic E-state index is 0.0398. The van der Waals surface area contributed by atoms with Gasteiger partial charge in [-0.3, -0.25) is 4.79 Å². The van der Waals surface area contributed by atoms with Crippen LogP contribution in [-0.2, 0) is 0 Å². The molecule has 2 aromatic rings. The fourth-order valence-electron chi connectivity index (χ4n) is 5.02. The largest absolute Gasteiger partial charge is 0.477 e. The number of hydrogen-bond acceptors (Lipinski definition) is 4. The van der Waals surface area contributed by atoms with E-state index in [9.17, 15) is 24.2 Å². The highest BCUT2D eigenvalue weighted by atomic mass is 19.1. The number of anilines is 1. The summed E-state index contributed by atoms with van der Waals surface area (Å²) in [5, 5.41) is 19.0. The van der Waals surface area contributed by atoms with E-state index in [4.69, 9.17) is 0 Å². The third-order valence-corrected chi connectivity index (χ3v) is 6.67. The molecule has 6 nitrogen and oxygen atoms in total. The Morgan fingerprint density at radius 2 is 2.04 bits per heavy atom. The summed E-state index contributed by atoms with van der Waals surface area (Å²) in [6, 6.07) is 0.864. The molecule has 0 amide bonds. The fourth-order valence-corrected chi connectivity index (χ4v) is 5.02. The number of benzene rings is 1. The normalized spacial score (nSPS) is 29.1. The molecule has 3 fully saturated rings. The molecule has 3 aliphatic rings. The number of aliphatic hydroxyl groups excluding tert-OH is 1. The van der Waals surface area contributed by atoms with Gasteiger partial charge >= 0.3 is 5.97 Å². The lowest BCUT2D eigenvalue weighted by Crippen LogP contribution is -2.48. The smallest absolute Gasteiger partial charge is 0.341 e. The number of pyridine rings is 1. The highest BCUT2D eigenvalue weighted by Gasteiger charge is 2.56. The van der Waals surface area contributed by atoms with Crippen LogP contribution in [0.5, 0.6) is 0 Å². The van der Waals surface area contributed by atoms with E-state index < -0.39 is 34.7 Å². The summed E-state index contributed by atoms with van der Waals surface area (Å²) in [7, 11) is 0. The second-order valence-electron chi connectivity index (χ2n) is 8.65. The number of hydrogen-bond donors (Lipinski definition) is 2. The molecule has 5 rings (SSSR count). The molecule has 0 bridgehead atoms. The van der Waals surface area contributed by atoms with Crippen LogP contribution in [0.15, 0.2) is 17.1 Å². The molecule has 0 spiro atoms. The third-order valence-electron chi connectivity index (χ3n) is 6.67. The van der Waals surface area contributed by atoms with E-state index in [0.29, 0.717) is 19.5 Å². The number of carboxylic acids is 1. The van der Waals surface area contributed by atoms with Gasteiger partial charge in [-0.25, -0.2) is 13.6 Å².